The Balaban J connectivity index is 1.43. The van der Waals surface area contributed by atoms with E-state index in [9.17, 15) is 13.2 Å². The molecule has 6 nitrogen and oxygen atoms in total. The highest BCUT2D eigenvalue weighted by molar-refractivity contribution is 8.13. The van der Waals surface area contributed by atoms with Crippen LogP contribution in [-0.2, 0) is 25.1 Å². The summed E-state index contributed by atoms with van der Waals surface area (Å²) in [5.74, 6) is -0.0816. The predicted octanol–water partition coefficient (Wildman–Crippen LogP) is 2.03. The van der Waals surface area contributed by atoms with E-state index in [1.165, 1.54) is 0 Å². The average Bonchev–Trinajstić information content (AvgIpc) is 2.97. The molecule has 2 heterocycles. The molecule has 1 N–H and O–H groups in total. The molecule has 0 radical (unpaired) electrons. The number of alkyl carbamates (subject to hydrolysis) is 1. The van der Waals surface area contributed by atoms with Gasteiger partial charge in [-0.1, -0.05) is 30.3 Å². The SMILES string of the molecule is O=C(NCC12CC(CS(=O)(=O)Cl)(CO1)C2)OCc1ccccc1. The molecule has 0 unspecified atom stereocenters. The third-order valence-corrected chi connectivity index (χ3v) is 5.61. The molecule has 0 atom stereocenters. The molecule has 126 valence electrons. The molecule has 1 saturated carbocycles. The average molecular weight is 360 g/mol. The van der Waals surface area contributed by atoms with Crippen molar-refractivity contribution in [2.75, 3.05) is 18.9 Å². The highest BCUT2D eigenvalue weighted by atomic mass is 35.7. The number of hydrogen-bond acceptors (Lipinski definition) is 5. The standard InChI is InChI=1S/C15H18ClNO5S/c16-23(19,20)11-14-7-15(8-14,22-10-14)9-17-13(18)21-6-12-4-2-1-3-5-12/h1-5H,6-11H2,(H,17,18). The summed E-state index contributed by atoms with van der Waals surface area (Å²) in [5, 5.41) is 2.68. The van der Waals surface area contributed by atoms with Gasteiger partial charge in [0.15, 0.2) is 0 Å². The molecule has 1 aliphatic carbocycles. The summed E-state index contributed by atoms with van der Waals surface area (Å²) < 4.78 is 33.3. The minimum atomic E-state index is -3.55. The van der Waals surface area contributed by atoms with E-state index < -0.39 is 26.2 Å². The van der Waals surface area contributed by atoms with Crippen LogP contribution in [0.5, 0.6) is 0 Å². The highest BCUT2D eigenvalue weighted by Crippen LogP contribution is 2.58. The van der Waals surface area contributed by atoms with E-state index in [4.69, 9.17) is 20.2 Å². The van der Waals surface area contributed by atoms with Crippen LogP contribution in [0.25, 0.3) is 0 Å². The Hall–Kier alpha value is -1.31. The van der Waals surface area contributed by atoms with Gasteiger partial charge in [-0.15, -0.1) is 0 Å². The van der Waals surface area contributed by atoms with Crippen molar-refractivity contribution in [3.63, 3.8) is 0 Å². The first kappa shape index (κ1) is 16.5. The van der Waals surface area contributed by atoms with Crippen molar-refractivity contribution in [3.05, 3.63) is 35.9 Å². The lowest BCUT2D eigenvalue weighted by Crippen LogP contribution is -2.53. The van der Waals surface area contributed by atoms with Gasteiger partial charge >= 0.3 is 6.09 Å². The zero-order valence-corrected chi connectivity index (χ0v) is 14.0. The van der Waals surface area contributed by atoms with Crippen LogP contribution < -0.4 is 5.32 Å². The van der Waals surface area contributed by atoms with Crippen molar-refractivity contribution in [1.82, 2.24) is 5.32 Å². The Kier molecular flexibility index (Phi) is 4.29. The summed E-state index contributed by atoms with van der Waals surface area (Å²) in [5.41, 5.74) is 0.0386. The molecule has 0 spiro atoms. The molecular weight excluding hydrogens is 342 g/mol. The number of halogens is 1. The summed E-state index contributed by atoms with van der Waals surface area (Å²) in [6.07, 6.45) is 0.664. The lowest BCUT2D eigenvalue weighted by molar-refractivity contribution is -0.00977. The van der Waals surface area contributed by atoms with Gasteiger partial charge < -0.3 is 14.8 Å². The molecule has 3 aliphatic rings. The van der Waals surface area contributed by atoms with Crippen LogP contribution in [0.3, 0.4) is 0 Å². The van der Waals surface area contributed by atoms with Crippen molar-refractivity contribution in [3.8, 4) is 0 Å². The molecule has 4 rings (SSSR count). The Morgan fingerprint density at radius 3 is 2.65 bits per heavy atom. The van der Waals surface area contributed by atoms with Gasteiger partial charge in [-0.25, -0.2) is 13.2 Å². The number of benzene rings is 1. The maximum absolute atomic E-state index is 11.7. The molecular formula is C15H18ClNO5S. The summed E-state index contributed by atoms with van der Waals surface area (Å²) in [6, 6.07) is 9.39. The van der Waals surface area contributed by atoms with Crippen LogP contribution in [0.15, 0.2) is 30.3 Å². The van der Waals surface area contributed by atoms with Gasteiger partial charge in [0.2, 0.25) is 9.05 Å². The zero-order valence-electron chi connectivity index (χ0n) is 12.5. The lowest BCUT2D eigenvalue weighted by Gasteiger charge is -2.43. The quantitative estimate of drug-likeness (QED) is 0.786. The predicted molar refractivity (Wildman–Crippen MR) is 84.6 cm³/mol. The highest BCUT2D eigenvalue weighted by Gasteiger charge is 2.63. The van der Waals surface area contributed by atoms with Gasteiger partial charge in [-0.2, -0.15) is 0 Å². The summed E-state index contributed by atoms with van der Waals surface area (Å²) >= 11 is 0. The van der Waals surface area contributed by atoms with Gasteiger partial charge in [-0.05, 0) is 18.4 Å². The van der Waals surface area contributed by atoms with Crippen molar-refractivity contribution in [2.45, 2.75) is 25.0 Å². The first-order chi connectivity index (χ1) is 10.8. The monoisotopic (exact) mass is 359 g/mol. The molecule has 23 heavy (non-hydrogen) atoms. The summed E-state index contributed by atoms with van der Waals surface area (Å²) in [7, 11) is 1.78. The van der Waals surface area contributed by atoms with Crippen molar-refractivity contribution in [2.24, 2.45) is 5.41 Å². The molecule has 2 saturated heterocycles. The Bertz CT molecular complexity index is 685. The molecule has 3 fully saturated rings. The summed E-state index contributed by atoms with van der Waals surface area (Å²) in [4.78, 5) is 11.7. The first-order valence-corrected chi connectivity index (χ1v) is 9.79. The molecule has 1 amide bonds. The van der Waals surface area contributed by atoms with E-state index in [0.29, 0.717) is 26.0 Å². The number of nitrogens with one attached hydrogen (secondary N) is 1. The normalized spacial score (nSPS) is 28.9. The van der Waals surface area contributed by atoms with E-state index in [0.717, 1.165) is 5.56 Å². The topological polar surface area (TPSA) is 81.7 Å². The Morgan fingerprint density at radius 2 is 2.00 bits per heavy atom. The van der Waals surface area contributed by atoms with E-state index in [-0.39, 0.29) is 12.4 Å². The van der Waals surface area contributed by atoms with Crippen LogP contribution in [-0.4, -0.2) is 39.0 Å². The van der Waals surface area contributed by atoms with Crippen LogP contribution in [0.2, 0.25) is 0 Å². The molecule has 2 aliphatic heterocycles. The molecule has 2 bridgehead atoms. The Labute approximate surface area is 139 Å². The lowest BCUT2D eigenvalue weighted by atomic mass is 9.63. The van der Waals surface area contributed by atoms with Crippen molar-refractivity contribution < 1.29 is 22.7 Å². The fourth-order valence-electron chi connectivity index (χ4n) is 3.52. The van der Waals surface area contributed by atoms with Gasteiger partial charge in [0.25, 0.3) is 0 Å². The maximum Gasteiger partial charge on any atom is 0.407 e. The third kappa shape index (κ3) is 3.97. The molecule has 1 aromatic rings. The van der Waals surface area contributed by atoms with Gasteiger partial charge in [0.05, 0.1) is 18.0 Å². The zero-order chi connectivity index (χ0) is 16.6. The largest absolute Gasteiger partial charge is 0.445 e. The number of carbonyl (C=O) groups excluding carboxylic acids is 1. The second-order valence-corrected chi connectivity index (χ2v) is 9.20. The number of amides is 1. The summed E-state index contributed by atoms with van der Waals surface area (Å²) in [6.45, 7) is 0.874. The minimum absolute atomic E-state index is 0.0816. The third-order valence-electron chi connectivity index (χ3n) is 4.33. The number of hydrogen-bond donors (Lipinski definition) is 1. The van der Waals surface area contributed by atoms with Gasteiger partial charge in [-0.3, -0.25) is 0 Å². The number of rotatable bonds is 6. The van der Waals surface area contributed by atoms with Crippen molar-refractivity contribution >= 4 is 25.8 Å². The Morgan fingerprint density at radius 1 is 1.30 bits per heavy atom. The van der Waals surface area contributed by atoms with Crippen molar-refractivity contribution in [1.29, 1.82) is 0 Å². The van der Waals surface area contributed by atoms with E-state index in [1.54, 1.807) is 0 Å². The van der Waals surface area contributed by atoms with Crippen LogP contribution >= 0.6 is 10.7 Å². The van der Waals surface area contributed by atoms with Gasteiger partial charge in [0, 0.05) is 22.6 Å². The second-order valence-electron chi connectivity index (χ2n) is 6.42. The molecule has 0 aromatic heterocycles. The van der Waals surface area contributed by atoms with Crippen LogP contribution in [0.1, 0.15) is 18.4 Å². The van der Waals surface area contributed by atoms with E-state index >= 15 is 0 Å². The number of carbonyl (C=O) groups is 1. The molecule has 8 heteroatoms. The second kappa shape index (κ2) is 5.96. The first-order valence-electron chi connectivity index (χ1n) is 7.31. The maximum atomic E-state index is 11.7. The van der Waals surface area contributed by atoms with E-state index in [1.807, 2.05) is 30.3 Å². The fourth-order valence-corrected chi connectivity index (χ4v) is 5.23. The fraction of sp³-hybridized carbons (Fsp3) is 0.533. The smallest absolute Gasteiger partial charge is 0.407 e. The molecule has 1 aromatic carbocycles. The minimum Gasteiger partial charge on any atom is -0.445 e. The van der Waals surface area contributed by atoms with Crippen LogP contribution in [0, 0.1) is 5.41 Å². The van der Waals surface area contributed by atoms with Crippen LogP contribution in [0.4, 0.5) is 4.79 Å². The number of fused-ring (bicyclic) bond motifs is 1. The van der Waals surface area contributed by atoms with E-state index in [2.05, 4.69) is 5.32 Å². The van der Waals surface area contributed by atoms with Gasteiger partial charge in [0.1, 0.15) is 6.61 Å². The number of ether oxygens (including phenoxy) is 2.